The molecule has 0 spiro atoms. The molecule has 1 aliphatic carbocycles. The van der Waals surface area contributed by atoms with Crippen LogP contribution in [0.5, 0.6) is 17.2 Å². The number of aromatic nitrogens is 1. The number of H-pyrrole nitrogens is 1. The number of carbonyl (C=O) groups is 2. The number of amides is 1. The fourth-order valence-corrected chi connectivity index (χ4v) is 8.15. The molecule has 1 amide bonds. The van der Waals surface area contributed by atoms with Gasteiger partial charge in [-0.2, -0.15) is 8.78 Å². The van der Waals surface area contributed by atoms with Gasteiger partial charge in [-0.15, -0.1) is 0 Å². The smallest absolute Gasteiger partial charge is 0.415 e. The van der Waals surface area contributed by atoms with Gasteiger partial charge in [0.25, 0.3) is 0 Å². The number of hydrogen-bond acceptors (Lipinski definition) is 8. The molecule has 4 bridgehead atoms. The second kappa shape index (κ2) is 15.4. The Balaban J connectivity index is 1.12. The quantitative estimate of drug-likeness (QED) is 0.120. The Bertz CT molecular complexity index is 1960. The van der Waals surface area contributed by atoms with Crippen LogP contribution in [0.25, 0.3) is 0 Å². The van der Waals surface area contributed by atoms with E-state index in [2.05, 4.69) is 14.6 Å². The number of anilines is 1. The Labute approximate surface area is 315 Å². The SMILES string of the molecule is CCOc1cc([C@H](Cc2c(Cl)c[nH+]cc2Cl)OC(=O)c2ccc(CN(C(=O)O[C@]34CN5CCC3C4C5)c3ccccc3OC)cc2)ccc1OC(F)F. The molecule has 4 aromatic rings. The molecule has 14 heteroatoms. The second-order valence-electron chi connectivity index (χ2n) is 13.3. The molecule has 8 rings (SSSR count). The Hall–Kier alpha value is -4.65. The zero-order valence-electron chi connectivity index (χ0n) is 29.0. The van der Waals surface area contributed by atoms with Crippen LogP contribution in [0.15, 0.2) is 79.1 Å². The number of methoxy groups -OCH3 is 1. The second-order valence-corrected chi connectivity index (χ2v) is 14.1. The molecule has 1 aromatic heterocycles. The van der Waals surface area contributed by atoms with Gasteiger partial charge in [-0.1, -0.05) is 53.5 Å². The minimum Gasteiger partial charge on any atom is -0.495 e. The number of aromatic amines is 1. The first-order valence-corrected chi connectivity index (χ1v) is 18.1. The maximum Gasteiger partial charge on any atom is 0.415 e. The van der Waals surface area contributed by atoms with E-state index in [1.54, 1.807) is 61.7 Å². The molecule has 4 aliphatic rings. The summed E-state index contributed by atoms with van der Waals surface area (Å²) in [5, 5.41) is 0.636. The van der Waals surface area contributed by atoms with Crippen molar-refractivity contribution >= 4 is 41.0 Å². The number of hydrogen-bond donors (Lipinski definition) is 0. The van der Waals surface area contributed by atoms with Crippen LogP contribution in [0.4, 0.5) is 19.3 Å². The van der Waals surface area contributed by atoms with E-state index in [-0.39, 0.29) is 36.6 Å². The molecule has 10 nitrogen and oxygen atoms in total. The van der Waals surface area contributed by atoms with Crippen LogP contribution in [0.3, 0.4) is 0 Å². The van der Waals surface area contributed by atoms with Crippen molar-refractivity contribution in [3.63, 3.8) is 0 Å². The van der Waals surface area contributed by atoms with Gasteiger partial charge >= 0.3 is 18.7 Å². The molecular formula is C39H38Cl2F2N3O7+. The van der Waals surface area contributed by atoms with Crippen LogP contribution in [-0.2, 0) is 22.4 Å². The fourth-order valence-electron chi connectivity index (χ4n) is 7.62. The summed E-state index contributed by atoms with van der Waals surface area (Å²) >= 11 is 12.9. The van der Waals surface area contributed by atoms with Crippen molar-refractivity contribution in [2.45, 2.75) is 44.6 Å². The lowest BCUT2D eigenvalue weighted by molar-refractivity contribution is -0.377. The fraction of sp³-hybridized carbons (Fsp3) is 0.359. The van der Waals surface area contributed by atoms with Gasteiger partial charge in [0.1, 0.15) is 27.5 Å². The predicted octanol–water partition coefficient (Wildman–Crippen LogP) is 7.80. The number of rotatable bonds is 14. The van der Waals surface area contributed by atoms with E-state index in [0.29, 0.717) is 44.4 Å². The standard InChI is InChI=1S/C39H37Cl2F2N3O7/c1-3-50-35-16-25(12-13-33(35)52-37(42)43)34(17-26-29(40)18-44-19-30(26)41)51-36(47)24-10-8-23(9-11-24)20-46(31-6-4-5-7-32(31)49-2)38(48)53-39-22-45-15-14-27(39)28(39)21-45/h4-13,16,18-19,27-28,34,37H,3,14-15,17,20-22H2,1-2H3/p+1/t27?,28?,34-,39+/m0/s1. The van der Waals surface area contributed by atoms with Crippen molar-refractivity contribution in [1.29, 1.82) is 0 Å². The molecule has 3 aromatic carbocycles. The van der Waals surface area contributed by atoms with E-state index in [1.807, 2.05) is 18.2 Å². The number of nitrogens with zero attached hydrogens (tertiary/aromatic N) is 2. The van der Waals surface area contributed by atoms with E-state index >= 15 is 0 Å². The van der Waals surface area contributed by atoms with Gasteiger partial charge in [0, 0.05) is 36.9 Å². The van der Waals surface area contributed by atoms with Crippen LogP contribution in [0.1, 0.15) is 46.5 Å². The van der Waals surface area contributed by atoms with Gasteiger partial charge < -0.3 is 23.7 Å². The van der Waals surface area contributed by atoms with Crippen LogP contribution in [0, 0.1) is 11.8 Å². The van der Waals surface area contributed by atoms with Crippen molar-refractivity contribution in [2.24, 2.45) is 11.8 Å². The number of esters is 1. The molecule has 3 unspecified atom stereocenters. The normalized spacial score (nSPS) is 21.5. The number of alkyl halides is 2. The molecule has 4 fully saturated rings. The number of para-hydroxylation sites is 2. The Kier molecular flexibility index (Phi) is 10.6. The Morgan fingerprint density at radius 3 is 2.40 bits per heavy atom. The number of benzene rings is 3. The first-order chi connectivity index (χ1) is 25.6. The van der Waals surface area contributed by atoms with Crippen molar-refractivity contribution in [1.82, 2.24) is 4.90 Å². The molecule has 4 heterocycles. The molecule has 3 aliphatic heterocycles. The summed E-state index contributed by atoms with van der Waals surface area (Å²) in [5.41, 5.74) is 2.05. The van der Waals surface area contributed by atoms with E-state index < -0.39 is 30.4 Å². The van der Waals surface area contributed by atoms with Gasteiger partial charge in [-0.25, -0.2) is 14.6 Å². The van der Waals surface area contributed by atoms with E-state index in [4.69, 9.17) is 42.1 Å². The zero-order valence-corrected chi connectivity index (χ0v) is 30.5. The summed E-state index contributed by atoms with van der Waals surface area (Å²) in [5.74, 6) is 0.529. The average Bonchev–Trinajstić information content (AvgIpc) is 3.64. The van der Waals surface area contributed by atoms with Crippen LogP contribution in [0.2, 0.25) is 10.0 Å². The summed E-state index contributed by atoms with van der Waals surface area (Å²) in [6.45, 7) is 1.73. The molecule has 1 N–H and O–H groups in total. The third-order valence-electron chi connectivity index (χ3n) is 10.2. The summed E-state index contributed by atoms with van der Waals surface area (Å²) < 4.78 is 54.4. The third kappa shape index (κ3) is 7.58. The van der Waals surface area contributed by atoms with Gasteiger partial charge in [-0.05, 0) is 67.4 Å². The first kappa shape index (κ1) is 36.7. The average molecular weight is 770 g/mol. The number of nitrogens with one attached hydrogen (secondary N) is 1. The number of piperidine rings is 3. The van der Waals surface area contributed by atoms with E-state index in [0.717, 1.165) is 31.6 Å². The van der Waals surface area contributed by atoms with Gasteiger partial charge in [0.15, 0.2) is 23.9 Å². The lowest BCUT2D eigenvalue weighted by atomic mass is 10.0. The summed E-state index contributed by atoms with van der Waals surface area (Å²) in [6.07, 6.45) is 2.78. The molecular weight excluding hydrogens is 731 g/mol. The Morgan fingerprint density at radius 2 is 1.75 bits per heavy atom. The van der Waals surface area contributed by atoms with Gasteiger partial charge in [0.2, 0.25) is 0 Å². The number of fused-ring (bicyclic) bond motifs is 1. The highest BCUT2D eigenvalue weighted by molar-refractivity contribution is 6.35. The highest BCUT2D eigenvalue weighted by Gasteiger charge is 2.74. The number of pyridine rings is 1. The van der Waals surface area contributed by atoms with Crippen LogP contribution < -0.4 is 24.1 Å². The van der Waals surface area contributed by atoms with Crippen molar-refractivity contribution in [2.75, 3.05) is 38.3 Å². The van der Waals surface area contributed by atoms with Crippen LogP contribution >= 0.6 is 23.2 Å². The van der Waals surface area contributed by atoms with Crippen molar-refractivity contribution < 1.29 is 47.0 Å². The lowest BCUT2D eigenvalue weighted by Crippen LogP contribution is -2.42. The molecule has 53 heavy (non-hydrogen) atoms. The number of halogens is 4. The number of carbonyl (C=O) groups excluding carboxylic acids is 2. The van der Waals surface area contributed by atoms with E-state index in [1.165, 1.54) is 18.2 Å². The summed E-state index contributed by atoms with van der Waals surface area (Å²) in [7, 11) is 1.55. The predicted molar refractivity (Wildman–Crippen MR) is 192 cm³/mol. The number of ether oxygens (including phenoxy) is 5. The highest BCUT2D eigenvalue weighted by Crippen LogP contribution is 2.63. The molecule has 3 saturated heterocycles. The lowest BCUT2D eigenvalue weighted by Gasteiger charge is -2.31. The summed E-state index contributed by atoms with van der Waals surface area (Å²) in [4.78, 5) is 34.4. The molecule has 1 saturated carbocycles. The first-order valence-electron chi connectivity index (χ1n) is 17.3. The molecule has 0 radical (unpaired) electrons. The highest BCUT2D eigenvalue weighted by atomic mass is 35.5. The van der Waals surface area contributed by atoms with E-state index in [9.17, 15) is 18.4 Å². The van der Waals surface area contributed by atoms with Gasteiger partial charge in [-0.3, -0.25) is 9.80 Å². The largest absolute Gasteiger partial charge is 0.495 e. The summed E-state index contributed by atoms with van der Waals surface area (Å²) in [6, 6.07) is 18.3. The maximum atomic E-state index is 13.9. The van der Waals surface area contributed by atoms with Crippen molar-refractivity contribution in [3.05, 3.63) is 111 Å². The Morgan fingerprint density at radius 1 is 1.00 bits per heavy atom. The topological polar surface area (TPSA) is 101 Å². The minimum absolute atomic E-state index is 0.0576. The molecule has 5 atom stereocenters. The van der Waals surface area contributed by atoms with Gasteiger partial charge in [0.05, 0.1) is 31.5 Å². The third-order valence-corrected chi connectivity index (χ3v) is 10.9. The minimum atomic E-state index is -3.06. The van der Waals surface area contributed by atoms with Crippen LogP contribution in [-0.4, -0.2) is 62.5 Å². The zero-order chi connectivity index (χ0) is 37.3. The monoisotopic (exact) mass is 768 g/mol. The molecule has 278 valence electrons. The maximum absolute atomic E-state index is 13.9. The van der Waals surface area contributed by atoms with Crippen molar-refractivity contribution in [3.8, 4) is 17.2 Å².